The number of carbonyl (C=O) groups is 2. The zero-order valence-corrected chi connectivity index (χ0v) is 19.6. The highest BCUT2D eigenvalue weighted by atomic mass is 32.2. The minimum Gasteiger partial charge on any atom is -0.326 e. The van der Waals surface area contributed by atoms with Crippen molar-refractivity contribution < 1.29 is 14.0 Å². The van der Waals surface area contributed by atoms with Crippen LogP contribution in [-0.4, -0.2) is 32.4 Å². The minimum atomic E-state index is -0.401. The first-order valence-electron chi connectivity index (χ1n) is 10.2. The molecule has 1 aliphatic rings. The highest BCUT2D eigenvalue weighted by Gasteiger charge is 2.27. The Labute approximate surface area is 198 Å². The van der Waals surface area contributed by atoms with Crippen molar-refractivity contribution in [3.63, 3.8) is 0 Å². The van der Waals surface area contributed by atoms with Crippen LogP contribution in [0.2, 0.25) is 0 Å². The molecule has 2 heterocycles. The van der Waals surface area contributed by atoms with E-state index in [4.69, 9.17) is 0 Å². The summed E-state index contributed by atoms with van der Waals surface area (Å²) in [6.07, 6.45) is 0.680. The van der Waals surface area contributed by atoms with Gasteiger partial charge in [-0.05, 0) is 48.5 Å². The zero-order chi connectivity index (χ0) is 23.5. The molecule has 2 amide bonds. The van der Waals surface area contributed by atoms with E-state index in [1.807, 2.05) is 6.92 Å². The van der Waals surface area contributed by atoms with Gasteiger partial charge in [0.1, 0.15) is 5.82 Å². The van der Waals surface area contributed by atoms with Crippen molar-refractivity contribution in [3.05, 3.63) is 70.4 Å². The van der Waals surface area contributed by atoms with Gasteiger partial charge < -0.3 is 10.6 Å². The standard InChI is InChI=1S/C23H21FN4O3S2/c1-13-11-19-21(33-13)22(31)28(18-9-3-15(24)4-10-18)23(27-19)32-12-20(30)26-17-7-5-16(6-8-17)25-14(2)29/h3-10,13H,11-12H2,1-2H3,(H,25,29)(H,26,30). The van der Waals surface area contributed by atoms with Gasteiger partial charge in [-0.3, -0.25) is 19.0 Å². The molecular weight excluding hydrogens is 463 g/mol. The van der Waals surface area contributed by atoms with E-state index in [2.05, 4.69) is 15.6 Å². The molecule has 1 unspecified atom stereocenters. The molecule has 1 atom stereocenters. The smallest absolute Gasteiger partial charge is 0.272 e. The number of thioether (sulfide) groups is 2. The highest BCUT2D eigenvalue weighted by Crippen LogP contribution is 2.35. The Morgan fingerprint density at radius 1 is 1.12 bits per heavy atom. The second-order valence-corrected chi connectivity index (χ2v) is 9.91. The maximum atomic E-state index is 13.4. The third kappa shape index (κ3) is 5.45. The van der Waals surface area contributed by atoms with E-state index in [-0.39, 0.29) is 28.4 Å². The molecule has 2 N–H and O–H groups in total. The number of aromatic nitrogens is 2. The summed E-state index contributed by atoms with van der Waals surface area (Å²) in [5, 5.41) is 6.08. The van der Waals surface area contributed by atoms with Crippen LogP contribution in [0.4, 0.5) is 15.8 Å². The fourth-order valence-corrected chi connectivity index (χ4v) is 5.31. The molecule has 1 aliphatic heterocycles. The van der Waals surface area contributed by atoms with Crippen LogP contribution in [0.25, 0.3) is 5.69 Å². The number of anilines is 2. The van der Waals surface area contributed by atoms with Gasteiger partial charge in [0, 0.05) is 30.0 Å². The number of hydrogen-bond donors (Lipinski definition) is 2. The topological polar surface area (TPSA) is 93.1 Å². The molecule has 33 heavy (non-hydrogen) atoms. The van der Waals surface area contributed by atoms with E-state index in [0.717, 1.165) is 17.5 Å². The van der Waals surface area contributed by atoms with Gasteiger partial charge >= 0.3 is 0 Å². The lowest BCUT2D eigenvalue weighted by atomic mass is 10.2. The van der Waals surface area contributed by atoms with Gasteiger partial charge in [0.15, 0.2) is 5.16 Å². The third-order valence-electron chi connectivity index (χ3n) is 4.79. The van der Waals surface area contributed by atoms with Crippen LogP contribution in [0.15, 0.2) is 63.4 Å². The maximum Gasteiger partial charge on any atom is 0.272 e. The predicted octanol–water partition coefficient (Wildman–Crippen LogP) is 4.10. The quantitative estimate of drug-likeness (QED) is 0.404. The van der Waals surface area contributed by atoms with Crippen molar-refractivity contribution in [2.75, 3.05) is 16.4 Å². The number of halogens is 1. The number of fused-ring (bicyclic) bond motifs is 1. The first-order valence-corrected chi connectivity index (χ1v) is 12.1. The van der Waals surface area contributed by atoms with Gasteiger partial charge in [-0.1, -0.05) is 18.7 Å². The second kappa shape index (κ2) is 9.80. The summed E-state index contributed by atoms with van der Waals surface area (Å²) in [5.41, 5.74) is 2.23. The molecular formula is C23H21FN4O3S2. The molecule has 0 saturated carbocycles. The summed E-state index contributed by atoms with van der Waals surface area (Å²) in [6, 6.07) is 12.4. The van der Waals surface area contributed by atoms with Crippen molar-refractivity contribution in [1.29, 1.82) is 0 Å². The summed E-state index contributed by atoms with van der Waals surface area (Å²) in [7, 11) is 0. The average Bonchev–Trinajstić information content (AvgIpc) is 3.15. The summed E-state index contributed by atoms with van der Waals surface area (Å²) < 4.78 is 14.9. The van der Waals surface area contributed by atoms with Gasteiger partial charge in [0.05, 0.1) is 22.0 Å². The van der Waals surface area contributed by atoms with Crippen molar-refractivity contribution >= 4 is 46.7 Å². The molecule has 4 rings (SSSR count). The molecule has 0 saturated heterocycles. The van der Waals surface area contributed by atoms with Crippen LogP contribution < -0.4 is 16.2 Å². The Morgan fingerprint density at radius 3 is 2.39 bits per heavy atom. The number of nitrogens with one attached hydrogen (secondary N) is 2. The predicted molar refractivity (Wildman–Crippen MR) is 129 cm³/mol. The first kappa shape index (κ1) is 23.1. The van der Waals surface area contributed by atoms with Crippen LogP contribution in [0.1, 0.15) is 19.5 Å². The van der Waals surface area contributed by atoms with Crippen LogP contribution in [-0.2, 0) is 16.0 Å². The maximum absolute atomic E-state index is 13.4. The minimum absolute atomic E-state index is 0.0303. The average molecular weight is 485 g/mol. The fraction of sp³-hybridized carbons (Fsp3) is 0.217. The molecule has 0 bridgehead atoms. The Hall–Kier alpha value is -3.11. The van der Waals surface area contributed by atoms with E-state index >= 15 is 0 Å². The summed E-state index contributed by atoms with van der Waals surface area (Å²) >= 11 is 2.63. The number of nitrogens with zero attached hydrogens (tertiary/aromatic N) is 2. The Balaban J connectivity index is 1.54. The van der Waals surface area contributed by atoms with Crippen LogP contribution in [0.3, 0.4) is 0 Å². The third-order valence-corrected chi connectivity index (χ3v) is 6.94. The molecule has 0 spiro atoms. The lowest BCUT2D eigenvalue weighted by Gasteiger charge is -2.14. The molecule has 0 radical (unpaired) electrons. The monoisotopic (exact) mass is 484 g/mol. The zero-order valence-electron chi connectivity index (χ0n) is 17.9. The van der Waals surface area contributed by atoms with E-state index in [9.17, 15) is 18.8 Å². The molecule has 0 aliphatic carbocycles. The second-order valence-electron chi connectivity index (χ2n) is 7.52. The van der Waals surface area contributed by atoms with Gasteiger partial charge in [-0.2, -0.15) is 0 Å². The molecule has 170 valence electrons. The number of hydrogen-bond acceptors (Lipinski definition) is 6. The number of benzene rings is 2. The summed E-state index contributed by atoms with van der Waals surface area (Å²) in [5.74, 6) is -0.815. The molecule has 1 aromatic heterocycles. The fourth-order valence-electron chi connectivity index (χ4n) is 3.38. The SMILES string of the molecule is CC(=O)Nc1ccc(NC(=O)CSc2nc3c(c(=O)n2-c2ccc(F)cc2)SC(C)C3)cc1. The molecule has 2 aromatic carbocycles. The van der Waals surface area contributed by atoms with Gasteiger partial charge in [0.25, 0.3) is 5.56 Å². The van der Waals surface area contributed by atoms with Crippen molar-refractivity contribution in [2.24, 2.45) is 0 Å². The highest BCUT2D eigenvalue weighted by molar-refractivity contribution is 8.00. The molecule has 3 aromatic rings. The summed E-state index contributed by atoms with van der Waals surface area (Å²) in [4.78, 5) is 42.2. The van der Waals surface area contributed by atoms with Crippen molar-refractivity contribution in [1.82, 2.24) is 9.55 Å². The van der Waals surface area contributed by atoms with Crippen LogP contribution >= 0.6 is 23.5 Å². The lowest BCUT2D eigenvalue weighted by molar-refractivity contribution is -0.114. The van der Waals surface area contributed by atoms with E-state index < -0.39 is 5.82 Å². The number of rotatable bonds is 6. The van der Waals surface area contributed by atoms with Gasteiger partial charge in [-0.25, -0.2) is 9.37 Å². The van der Waals surface area contributed by atoms with Gasteiger partial charge in [0.2, 0.25) is 11.8 Å². The Bertz CT molecular complexity index is 1260. The molecule has 10 heteroatoms. The molecule has 7 nitrogen and oxygen atoms in total. The summed E-state index contributed by atoms with van der Waals surface area (Å²) in [6.45, 7) is 3.45. The normalized spacial score (nSPS) is 14.6. The Kier molecular flexibility index (Phi) is 6.85. The largest absolute Gasteiger partial charge is 0.326 e. The van der Waals surface area contributed by atoms with Crippen LogP contribution in [0.5, 0.6) is 0 Å². The molecule has 0 fully saturated rings. The van der Waals surface area contributed by atoms with E-state index in [1.165, 1.54) is 47.5 Å². The van der Waals surface area contributed by atoms with Crippen molar-refractivity contribution in [2.45, 2.75) is 35.6 Å². The number of amides is 2. The Morgan fingerprint density at radius 2 is 1.76 bits per heavy atom. The van der Waals surface area contributed by atoms with E-state index in [0.29, 0.717) is 33.5 Å². The van der Waals surface area contributed by atoms with E-state index in [1.54, 1.807) is 24.3 Å². The number of carbonyl (C=O) groups excluding carboxylic acids is 2. The first-order chi connectivity index (χ1) is 15.8. The lowest BCUT2D eigenvalue weighted by Crippen LogP contribution is -2.24. The van der Waals surface area contributed by atoms with Crippen LogP contribution in [0, 0.1) is 5.82 Å². The van der Waals surface area contributed by atoms with Crippen molar-refractivity contribution in [3.8, 4) is 5.69 Å². The van der Waals surface area contributed by atoms with Gasteiger partial charge in [-0.15, -0.1) is 11.8 Å².